The number of carbonyl (C=O) groups excluding carboxylic acids is 1. The molecule has 0 fully saturated rings. The van der Waals surface area contributed by atoms with Crippen LogP contribution in [-0.2, 0) is 14.9 Å². The van der Waals surface area contributed by atoms with Gasteiger partial charge < -0.3 is 4.74 Å². The molecular weight excluding hydrogens is 260 g/mol. The summed E-state index contributed by atoms with van der Waals surface area (Å²) >= 11 is 0. The molecule has 1 aromatic rings. The lowest BCUT2D eigenvalue weighted by atomic mass is 9.74. The fraction of sp³-hybridized carbons (Fsp3) is 0.632. The predicted molar refractivity (Wildman–Crippen MR) is 88.9 cm³/mol. The summed E-state index contributed by atoms with van der Waals surface area (Å²) in [6.07, 6.45) is 0.353. The maximum absolute atomic E-state index is 12.1. The van der Waals surface area contributed by atoms with E-state index < -0.39 is 0 Å². The summed E-state index contributed by atoms with van der Waals surface area (Å²) in [6, 6.07) is 4.46. The van der Waals surface area contributed by atoms with Gasteiger partial charge in [-0.15, -0.1) is 0 Å². The molecule has 2 heteroatoms. The number of aryl methyl sites for hydroxylation is 2. The van der Waals surface area contributed by atoms with E-state index in [2.05, 4.69) is 53.7 Å². The summed E-state index contributed by atoms with van der Waals surface area (Å²) in [5.74, 6) is 0.323. The van der Waals surface area contributed by atoms with E-state index in [1.54, 1.807) is 0 Å². The summed E-state index contributed by atoms with van der Waals surface area (Å²) in [6.45, 7) is 16.7. The highest BCUT2D eigenvalue weighted by Gasteiger charge is 2.30. The Balaban J connectivity index is 3.21. The second-order valence-corrected chi connectivity index (χ2v) is 7.30. The molecule has 0 saturated heterocycles. The lowest BCUT2D eigenvalue weighted by molar-refractivity contribution is -0.148. The van der Waals surface area contributed by atoms with Gasteiger partial charge in [0.05, 0.1) is 12.5 Å². The number of hydrogen-bond donors (Lipinski definition) is 0. The van der Waals surface area contributed by atoms with Gasteiger partial charge in [-0.2, -0.15) is 0 Å². The smallest absolute Gasteiger partial charge is 0.306 e. The molecule has 0 amide bonds. The molecule has 0 unspecified atom stereocenters. The SMILES string of the molecule is Cc1cc(C)c(C(C)(C)CC(=O)OC(C)C)c(C(C)C)c1. The Kier molecular flexibility index (Phi) is 5.61. The van der Waals surface area contributed by atoms with Gasteiger partial charge in [-0.25, -0.2) is 0 Å². The van der Waals surface area contributed by atoms with Crippen LogP contribution in [0.4, 0.5) is 0 Å². The van der Waals surface area contributed by atoms with Crippen LogP contribution in [0.3, 0.4) is 0 Å². The Morgan fingerprint density at radius 2 is 1.71 bits per heavy atom. The standard InChI is InChI=1S/C19H30O2/c1-12(2)16-10-14(5)9-15(6)18(16)19(7,8)11-17(20)21-13(3)4/h9-10,12-13H,11H2,1-8H3. The van der Waals surface area contributed by atoms with Crippen LogP contribution in [0.1, 0.15) is 76.1 Å². The van der Waals surface area contributed by atoms with Gasteiger partial charge in [0.1, 0.15) is 0 Å². The quantitative estimate of drug-likeness (QED) is 0.710. The Morgan fingerprint density at radius 1 is 1.14 bits per heavy atom. The first kappa shape index (κ1) is 17.7. The van der Waals surface area contributed by atoms with E-state index in [1.807, 2.05) is 13.8 Å². The van der Waals surface area contributed by atoms with Crippen molar-refractivity contribution in [2.75, 3.05) is 0 Å². The summed E-state index contributed by atoms with van der Waals surface area (Å²) in [7, 11) is 0. The van der Waals surface area contributed by atoms with Gasteiger partial charge >= 0.3 is 5.97 Å². The summed E-state index contributed by atoms with van der Waals surface area (Å²) < 4.78 is 5.33. The molecule has 1 rings (SSSR count). The molecule has 0 heterocycles. The van der Waals surface area contributed by atoms with Gasteiger partial charge in [-0.3, -0.25) is 4.79 Å². The second-order valence-electron chi connectivity index (χ2n) is 7.30. The van der Waals surface area contributed by atoms with Crippen molar-refractivity contribution in [2.45, 2.75) is 79.2 Å². The first-order chi connectivity index (χ1) is 9.54. The van der Waals surface area contributed by atoms with Crippen LogP contribution in [0, 0.1) is 13.8 Å². The molecule has 0 aromatic heterocycles. The highest BCUT2D eigenvalue weighted by Crippen LogP contribution is 2.37. The van der Waals surface area contributed by atoms with Gasteiger partial charge in [0.15, 0.2) is 0 Å². The molecule has 0 N–H and O–H groups in total. The average molecular weight is 290 g/mol. The van der Waals surface area contributed by atoms with Crippen LogP contribution >= 0.6 is 0 Å². The Labute approximate surface area is 129 Å². The molecule has 0 aliphatic heterocycles. The lowest BCUT2D eigenvalue weighted by Gasteiger charge is -2.31. The monoisotopic (exact) mass is 290 g/mol. The zero-order chi connectivity index (χ0) is 16.4. The molecule has 2 nitrogen and oxygen atoms in total. The third-order valence-electron chi connectivity index (χ3n) is 3.76. The minimum atomic E-state index is -0.219. The number of benzene rings is 1. The minimum absolute atomic E-state index is 0.0583. The third kappa shape index (κ3) is 4.59. The van der Waals surface area contributed by atoms with Crippen LogP contribution in [0.2, 0.25) is 0 Å². The molecule has 21 heavy (non-hydrogen) atoms. The molecule has 0 spiro atoms. The van der Waals surface area contributed by atoms with Crippen molar-refractivity contribution in [2.24, 2.45) is 0 Å². The van der Waals surface area contributed by atoms with E-state index in [4.69, 9.17) is 4.74 Å². The zero-order valence-electron chi connectivity index (χ0n) is 14.8. The molecule has 0 bridgehead atoms. The number of ether oxygens (including phenoxy) is 1. The first-order valence-electron chi connectivity index (χ1n) is 7.85. The number of hydrogen-bond acceptors (Lipinski definition) is 2. The van der Waals surface area contributed by atoms with E-state index in [0.717, 1.165) is 0 Å². The fourth-order valence-corrected chi connectivity index (χ4v) is 3.13. The molecule has 0 saturated carbocycles. The van der Waals surface area contributed by atoms with Crippen molar-refractivity contribution in [3.8, 4) is 0 Å². The average Bonchev–Trinajstić information content (AvgIpc) is 2.24. The topological polar surface area (TPSA) is 26.3 Å². The molecule has 0 aliphatic carbocycles. The van der Waals surface area contributed by atoms with Gasteiger partial charge in [0, 0.05) is 5.41 Å². The third-order valence-corrected chi connectivity index (χ3v) is 3.76. The van der Waals surface area contributed by atoms with Crippen LogP contribution in [0.5, 0.6) is 0 Å². The molecular formula is C19H30O2. The van der Waals surface area contributed by atoms with Crippen molar-refractivity contribution >= 4 is 5.97 Å². The molecule has 0 aliphatic rings. The Bertz CT molecular complexity index is 511. The second kappa shape index (κ2) is 6.64. The van der Waals surface area contributed by atoms with E-state index in [0.29, 0.717) is 12.3 Å². The maximum atomic E-state index is 12.1. The molecule has 0 radical (unpaired) electrons. The van der Waals surface area contributed by atoms with Crippen LogP contribution in [0.25, 0.3) is 0 Å². The first-order valence-corrected chi connectivity index (χ1v) is 7.85. The zero-order valence-corrected chi connectivity index (χ0v) is 14.8. The van der Waals surface area contributed by atoms with E-state index >= 15 is 0 Å². The van der Waals surface area contributed by atoms with Crippen molar-refractivity contribution < 1.29 is 9.53 Å². The normalized spacial score (nSPS) is 12.1. The summed E-state index contributed by atoms with van der Waals surface area (Å²) in [5.41, 5.74) is 4.96. The number of rotatable bonds is 5. The van der Waals surface area contributed by atoms with E-state index in [9.17, 15) is 4.79 Å². The van der Waals surface area contributed by atoms with Crippen molar-refractivity contribution in [1.82, 2.24) is 0 Å². The number of esters is 1. The Hall–Kier alpha value is -1.31. The van der Waals surface area contributed by atoms with Crippen LogP contribution in [0.15, 0.2) is 12.1 Å². The van der Waals surface area contributed by atoms with Crippen LogP contribution < -0.4 is 0 Å². The van der Waals surface area contributed by atoms with Crippen molar-refractivity contribution in [1.29, 1.82) is 0 Å². The highest BCUT2D eigenvalue weighted by molar-refractivity contribution is 5.72. The Morgan fingerprint density at radius 3 is 2.19 bits per heavy atom. The predicted octanol–water partition coefficient (Wildman–Crippen LogP) is 5.05. The van der Waals surface area contributed by atoms with Crippen molar-refractivity contribution in [3.05, 3.63) is 34.4 Å². The summed E-state index contributed by atoms with van der Waals surface area (Å²) in [4.78, 5) is 12.1. The van der Waals surface area contributed by atoms with E-state index in [-0.39, 0.29) is 17.5 Å². The van der Waals surface area contributed by atoms with Gasteiger partial charge in [-0.05, 0) is 50.3 Å². The molecule has 1 aromatic carbocycles. The molecule has 0 atom stereocenters. The highest BCUT2D eigenvalue weighted by atomic mass is 16.5. The largest absolute Gasteiger partial charge is 0.463 e. The van der Waals surface area contributed by atoms with E-state index in [1.165, 1.54) is 22.3 Å². The lowest BCUT2D eigenvalue weighted by Crippen LogP contribution is -2.27. The minimum Gasteiger partial charge on any atom is -0.463 e. The number of carbonyl (C=O) groups is 1. The van der Waals surface area contributed by atoms with Crippen molar-refractivity contribution in [3.63, 3.8) is 0 Å². The van der Waals surface area contributed by atoms with Gasteiger partial charge in [-0.1, -0.05) is 45.4 Å². The van der Waals surface area contributed by atoms with Gasteiger partial charge in [0.2, 0.25) is 0 Å². The van der Waals surface area contributed by atoms with Gasteiger partial charge in [0.25, 0.3) is 0 Å². The van der Waals surface area contributed by atoms with Crippen LogP contribution in [-0.4, -0.2) is 12.1 Å². The fourth-order valence-electron chi connectivity index (χ4n) is 3.13. The summed E-state index contributed by atoms with van der Waals surface area (Å²) in [5, 5.41) is 0. The maximum Gasteiger partial charge on any atom is 0.306 e. The molecule has 118 valence electrons.